The zero-order valence-electron chi connectivity index (χ0n) is 21.8. The minimum atomic E-state index is -0.399. The summed E-state index contributed by atoms with van der Waals surface area (Å²) >= 11 is 17.5. The average molecular weight is 606 g/mol. The van der Waals surface area contributed by atoms with Crippen molar-refractivity contribution < 1.29 is 14.0 Å². The lowest BCUT2D eigenvalue weighted by Gasteiger charge is -2.36. The predicted molar refractivity (Wildman–Crippen MR) is 169 cm³/mol. The van der Waals surface area contributed by atoms with Crippen molar-refractivity contribution in [2.24, 2.45) is 0 Å². The molecule has 0 unspecified atom stereocenters. The van der Waals surface area contributed by atoms with Crippen molar-refractivity contribution in [2.75, 3.05) is 36.4 Å². The molecule has 0 bridgehead atoms. The Morgan fingerprint density at radius 1 is 0.878 bits per heavy atom. The number of nitrogens with one attached hydrogen (secondary N) is 2. The minimum absolute atomic E-state index is 0.0620. The third-order valence-corrected chi connectivity index (χ3v) is 7.29. The molecule has 2 amide bonds. The number of nitrogens with zero attached hydrogens (tertiary/aromatic N) is 2. The summed E-state index contributed by atoms with van der Waals surface area (Å²) < 4.78 is 5.77. The van der Waals surface area contributed by atoms with Gasteiger partial charge in [-0.05, 0) is 85.0 Å². The Kier molecular flexibility index (Phi) is 9.04. The van der Waals surface area contributed by atoms with Crippen LogP contribution in [0.3, 0.4) is 0 Å². The second kappa shape index (κ2) is 13.0. The smallest absolute Gasteiger partial charge is 0.253 e. The lowest BCUT2D eigenvalue weighted by Crippen LogP contribution is -2.48. The Hall–Kier alpha value is -4.11. The fourth-order valence-corrected chi connectivity index (χ4v) is 5.16. The summed E-state index contributed by atoms with van der Waals surface area (Å²) in [5.41, 5.74) is 3.22. The first-order valence-electron chi connectivity index (χ1n) is 12.9. The van der Waals surface area contributed by atoms with E-state index < -0.39 is 5.91 Å². The van der Waals surface area contributed by atoms with Gasteiger partial charge in [-0.25, -0.2) is 0 Å². The number of hydrogen-bond acceptors (Lipinski definition) is 5. The quantitative estimate of drug-likeness (QED) is 0.187. The van der Waals surface area contributed by atoms with E-state index >= 15 is 0 Å². The van der Waals surface area contributed by atoms with E-state index in [-0.39, 0.29) is 11.0 Å². The van der Waals surface area contributed by atoms with Gasteiger partial charge < -0.3 is 19.5 Å². The summed E-state index contributed by atoms with van der Waals surface area (Å²) in [5.74, 6) is 0.715. The fraction of sp³-hybridized carbons (Fsp3) is 0.129. The van der Waals surface area contributed by atoms with Crippen molar-refractivity contribution in [3.8, 4) is 11.3 Å². The molecule has 1 aliphatic heterocycles. The van der Waals surface area contributed by atoms with Crippen molar-refractivity contribution >= 4 is 69.8 Å². The molecule has 2 heterocycles. The molecule has 0 saturated carbocycles. The molecule has 1 fully saturated rings. The number of piperazine rings is 1. The molecule has 0 spiro atoms. The maximum Gasteiger partial charge on any atom is 0.253 e. The monoisotopic (exact) mass is 604 g/mol. The third kappa shape index (κ3) is 7.35. The zero-order chi connectivity index (χ0) is 28.8. The summed E-state index contributed by atoms with van der Waals surface area (Å²) in [7, 11) is 0. The minimum Gasteiger partial charge on any atom is -0.457 e. The first kappa shape index (κ1) is 28.4. The lowest BCUT2D eigenvalue weighted by atomic mass is 10.1. The lowest BCUT2D eigenvalue weighted by molar-refractivity contribution is -0.115. The molecule has 1 aliphatic rings. The highest BCUT2D eigenvalue weighted by atomic mass is 35.5. The molecule has 10 heteroatoms. The molecule has 0 radical (unpaired) electrons. The van der Waals surface area contributed by atoms with Crippen LogP contribution in [0.1, 0.15) is 16.1 Å². The molecule has 208 valence electrons. The van der Waals surface area contributed by atoms with Gasteiger partial charge in [0, 0.05) is 59.8 Å². The molecule has 0 aliphatic carbocycles. The van der Waals surface area contributed by atoms with E-state index in [1.807, 2.05) is 59.5 Å². The number of carbonyl (C=O) groups excluding carboxylic acids is 2. The van der Waals surface area contributed by atoms with Crippen LogP contribution >= 0.6 is 35.4 Å². The van der Waals surface area contributed by atoms with Gasteiger partial charge in [0.1, 0.15) is 11.5 Å². The van der Waals surface area contributed by atoms with Gasteiger partial charge in [-0.1, -0.05) is 41.4 Å². The summed E-state index contributed by atoms with van der Waals surface area (Å²) in [6.45, 7) is 2.81. The first-order chi connectivity index (χ1) is 19.9. The Labute approximate surface area is 253 Å². The SMILES string of the molecule is O=C(/C=C/c1ccc(-c2ccc(Cl)cc2Cl)o1)NC(=S)Nc1ccc(N2CCN(C(=O)c3ccccc3)CC2)cc1. The highest BCUT2D eigenvalue weighted by molar-refractivity contribution is 7.80. The van der Waals surface area contributed by atoms with Crippen LogP contribution in [0, 0.1) is 0 Å². The second-order valence-corrected chi connectivity index (χ2v) is 10.5. The summed E-state index contributed by atoms with van der Waals surface area (Å²) in [6, 6.07) is 25.8. The van der Waals surface area contributed by atoms with Crippen molar-refractivity contribution in [3.63, 3.8) is 0 Å². The van der Waals surface area contributed by atoms with Crippen molar-refractivity contribution in [2.45, 2.75) is 0 Å². The molecule has 1 saturated heterocycles. The summed E-state index contributed by atoms with van der Waals surface area (Å²) in [5, 5.41) is 6.84. The van der Waals surface area contributed by atoms with E-state index in [1.54, 1.807) is 36.4 Å². The second-order valence-electron chi connectivity index (χ2n) is 9.30. The van der Waals surface area contributed by atoms with E-state index in [0.29, 0.717) is 45.8 Å². The van der Waals surface area contributed by atoms with Crippen LogP contribution in [0.5, 0.6) is 0 Å². The number of carbonyl (C=O) groups is 2. The number of rotatable bonds is 6. The zero-order valence-corrected chi connectivity index (χ0v) is 24.2. The molecular weight excluding hydrogens is 579 g/mol. The van der Waals surface area contributed by atoms with Crippen LogP contribution in [0.15, 0.2) is 95.4 Å². The molecule has 2 N–H and O–H groups in total. The Bertz CT molecular complexity index is 1580. The molecule has 5 rings (SSSR count). The van der Waals surface area contributed by atoms with Crippen LogP contribution in [0.4, 0.5) is 11.4 Å². The van der Waals surface area contributed by atoms with Crippen LogP contribution in [0.25, 0.3) is 17.4 Å². The molecule has 41 heavy (non-hydrogen) atoms. The van der Waals surface area contributed by atoms with Crippen molar-refractivity contribution in [1.82, 2.24) is 10.2 Å². The molecule has 1 aromatic heterocycles. The van der Waals surface area contributed by atoms with Gasteiger partial charge in [0.2, 0.25) is 5.91 Å². The predicted octanol–water partition coefficient (Wildman–Crippen LogP) is 6.74. The topological polar surface area (TPSA) is 77.8 Å². The summed E-state index contributed by atoms with van der Waals surface area (Å²) in [6.07, 6.45) is 2.89. The summed E-state index contributed by atoms with van der Waals surface area (Å²) in [4.78, 5) is 29.2. The standard InChI is InChI=1S/C31H26Cl2N4O3S/c32-22-6-13-26(27(33)20-22)28-14-11-25(40-28)12-15-29(38)35-31(41)34-23-7-9-24(10-8-23)36-16-18-37(19-17-36)30(39)21-4-2-1-3-5-21/h1-15,20H,16-19H2,(H2,34,35,38,41)/b15-12+. The normalized spacial score (nSPS) is 13.3. The first-order valence-corrected chi connectivity index (χ1v) is 14.1. The number of benzene rings is 3. The van der Waals surface area contributed by atoms with Gasteiger partial charge in [-0.3, -0.25) is 14.9 Å². The van der Waals surface area contributed by atoms with E-state index in [0.717, 1.165) is 24.5 Å². The van der Waals surface area contributed by atoms with Gasteiger partial charge in [0.05, 0.1) is 5.02 Å². The molecule has 7 nitrogen and oxygen atoms in total. The van der Waals surface area contributed by atoms with Crippen LogP contribution in [-0.4, -0.2) is 48.0 Å². The molecule has 3 aromatic carbocycles. The number of hydrogen-bond donors (Lipinski definition) is 2. The Balaban J connectivity index is 1.09. The largest absolute Gasteiger partial charge is 0.457 e. The molecular formula is C31H26Cl2N4O3S. The van der Waals surface area contributed by atoms with Crippen LogP contribution in [0.2, 0.25) is 10.0 Å². The third-order valence-electron chi connectivity index (χ3n) is 6.54. The van der Waals surface area contributed by atoms with Crippen LogP contribution < -0.4 is 15.5 Å². The van der Waals surface area contributed by atoms with Crippen molar-refractivity contribution in [3.05, 3.63) is 112 Å². The van der Waals surface area contributed by atoms with E-state index in [2.05, 4.69) is 15.5 Å². The fourth-order valence-electron chi connectivity index (χ4n) is 4.44. The van der Waals surface area contributed by atoms with Gasteiger partial charge >= 0.3 is 0 Å². The Morgan fingerprint density at radius 3 is 2.32 bits per heavy atom. The van der Waals surface area contributed by atoms with E-state index in [9.17, 15) is 9.59 Å². The number of halogens is 2. The van der Waals surface area contributed by atoms with Gasteiger partial charge in [0.25, 0.3) is 5.91 Å². The van der Waals surface area contributed by atoms with Gasteiger partial charge in [-0.15, -0.1) is 0 Å². The van der Waals surface area contributed by atoms with E-state index in [4.69, 9.17) is 39.8 Å². The number of anilines is 2. The number of thiocarbonyl (C=S) groups is 1. The van der Waals surface area contributed by atoms with E-state index in [1.165, 1.54) is 6.08 Å². The van der Waals surface area contributed by atoms with Gasteiger partial charge in [0.15, 0.2) is 5.11 Å². The molecule has 0 atom stereocenters. The van der Waals surface area contributed by atoms with Crippen molar-refractivity contribution in [1.29, 1.82) is 0 Å². The highest BCUT2D eigenvalue weighted by Gasteiger charge is 2.22. The number of furan rings is 1. The van der Waals surface area contributed by atoms with Gasteiger partial charge in [-0.2, -0.15) is 0 Å². The van der Waals surface area contributed by atoms with Crippen LogP contribution in [-0.2, 0) is 4.79 Å². The molecule has 4 aromatic rings. The maximum absolute atomic E-state index is 12.7. The Morgan fingerprint density at radius 2 is 1.61 bits per heavy atom. The highest BCUT2D eigenvalue weighted by Crippen LogP contribution is 2.31. The number of amides is 2. The average Bonchev–Trinajstić information content (AvgIpc) is 3.45. The maximum atomic E-state index is 12.7.